The first-order chi connectivity index (χ1) is 4.85. The Bertz CT molecular complexity index is 201. The maximum atomic E-state index is 8.43. The summed E-state index contributed by atoms with van der Waals surface area (Å²) in [6.07, 6.45) is 9.21. The van der Waals surface area contributed by atoms with Crippen LogP contribution < -0.4 is 0 Å². The molecule has 0 aromatic rings. The van der Waals surface area contributed by atoms with Crippen molar-refractivity contribution in [3.05, 3.63) is 36.0 Å². The van der Waals surface area contributed by atoms with Crippen LogP contribution in [0.1, 0.15) is 13.8 Å². The number of nitrogens with zero attached hydrogens (tertiary/aromatic N) is 1. The van der Waals surface area contributed by atoms with Gasteiger partial charge >= 0.3 is 0 Å². The van der Waals surface area contributed by atoms with Gasteiger partial charge in [-0.25, -0.2) is 0 Å². The lowest BCUT2D eigenvalue weighted by Crippen LogP contribution is -1.66. The zero-order valence-corrected chi connectivity index (χ0v) is 6.33. The Labute approximate surface area is 62.0 Å². The van der Waals surface area contributed by atoms with Gasteiger partial charge in [0.15, 0.2) is 0 Å². The van der Waals surface area contributed by atoms with Crippen LogP contribution in [-0.2, 0) is 0 Å². The van der Waals surface area contributed by atoms with E-state index in [1.54, 1.807) is 12.2 Å². The van der Waals surface area contributed by atoms with Crippen molar-refractivity contribution in [2.75, 3.05) is 0 Å². The minimum atomic E-state index is 0.693. The highest BCUT2D eigenvalue weighted by Crippen LogP contribution is 1.93. The normalized spacial score (nSPS) is 12.7. The third kappa shape index (κ3) is 3.68. The number of hydrogen-bond acceptors (Lipinski definition) is 1. The van der Waals surface area contributed by atoms with Crippen LogP contribution in [0, 0.1) is 11.3 Å². The lowest BCUT2D eigenvalue weighted by molar-refractivity contribution is 1.48. The summed E-state index contributed by atoms with van der Waals surface area (Å²) in [6.45, 7) is 3.78. The van der Waals surface area contributed by atoms with Gasteiger partial charge < -0.3 is 0 Å². The van der Waals surface area contributed by atoms with Crippen LogP contribution in [0.15, 0.2) is 36.0 Å². The van der Waals surface area contributed by atoms with Crippen LogP contribution >= 0.6 is 0 Å². The third-order valence-electron chi connectivity index (χ3n) is 1.02. The fraction of sp³-hybridized carbons (Fsp3) is 0.222. The van der Waals surface area contributed by atoms with E-state index in [0.29, 0.717) is 5.57 Å². The van der Waals surface area contributed by atoms with Crippen molar-refractivity contribution >= 4 is 0 Å². The molecular weight excluding hydrogens is 122 g/mol. The molecular formula is C9H11N. The van der Waals surface area contributed by atoms with Gasteiger partial charge in [-0.05, 0) is 19.9 Å². The van der Waals surface area contributed by atoms with Gasteiger partial charge in [-0.15, -0.1) is 0 Å². The molecule has 0 spiro atoms. The van der Waals surface area contributed by atoms with E-state index in [0.717, 1.165) is 0 Å². The Morgan fingerprint density at radius 2 is 2.00 bits per heavy atom. The molecule has 0 unspecified atom stereocenters. The topological polar surface area (TPSA) is 23.8 Å². The molecule has 0 aliphatic carbocycles. The Balaban J connectivity index is 4.02. The lowest BCUT2D eigenvalue weighted by atomic mass is 10.2. The van der Waals surface area contributed by atoms with Gasteiger partial charge in [0.25, 0.3) is 0 Å². The molecule has 0 saturated carbocycles. The van der Waals surface area contributed by atoms with Crippen molar-refractivity contribution in [3.63, 3.8) is 0 Å². The van der Waals surface area contributed by atoms with Crippen molar-refractivity contribution in [2.24, 2.45) is 0 Å². The minimum Gasteiger partial charge on any atom is -0.192 e. The Morgan fingerprint density at radius 1 is 1.30 bits per heavy atom. The molecule has 0 rings (SSSR count). The fourth-order valence-electron chi connectivity index (χ4n) is 0.468. The van der Waals surface area contributed by atoms with E-state index in [1.165, 1.54) is 0 Å². The van der Waals surface area contributed by atoms with Gasteiger partial charge in [0.05, 0.1) is 6.07 Å². The molecule has 10 heavy (non-hydrogen) atoms. The van der Waals surface area contributed by atoms with Crippen LogP contribution in [0.2, 0.25) is 0 Å². The first-order valence-electron chi connectivity index (χ1n) is 3.21. The predicted molar refractivity (Wildman–Crippen MR) is 43.3 cm³/mol. The number of hydrogen-bond donors (Lipinski definition) is 0. The lowest BCUT2D eigenvalue weighted by Gasteiger charge is -1.79. The second kappa shape index (κ2) is 5.84. The Morgan fingerprint density at radius 3 is 2.40 bits per heavy atom. The Kier molecular flexibility index (Phi) is 5.09. The summed E-state index contributed by atoms with van der Waals surface area (Å²) >= 11 is 0. The molecule has 0 saturated heterocycles. The first kappa shape index (κ1) is 8.71. The highest BCUT2D eigenvalue weighted by atomic mass is 14.2. The van der Waals surface area contributed by atoms with E-state index in [-0.39, 0.29) is 0 Å². The molecule has 0 aliphatic heterocycles. The van der Waals surface area contributed by atoms with Gasteiger partial charge in [0.2, 0.25) is 0 Å². The maximum Gasteiger partial charge on any atom is 0.0988 e. The smallest absolute Gasteiger partial charge is 0.0988 e. The molecule has 0 amide bonds. The zero-order chi connectivity index (χ0) is 7.82. The van der Waals surface area contributed by atoms with Crippen molar-refractivity contribution in [1.29, 1.82) is 5.26 Å². The van der Waals surface area contributed by atoms with E-state index >= 15 is 0 Å². The SMILES string of the molecule is C/C=C(C#N)/C=C/C=C/C. The van der Waals surface area contributed by atoms with Crippen molar-refractivity contribution < 1.29 is 0 Å². The third-order valence-corrected chi connectivity index (χ3v) is 1.02. The van der Waals surface area contributed by atoms with E-state index in [1.807, 2.05) is 32.1 Å². The van der Waals surface area contributed by atoms with E-state index in [2.05, 4.69) is 6.07 Å². The molecule has 0 fully saturated rings. The van der Waals surface area contributed by atoms with E-state index < -0.39 is 0 Å². The average molecular weight is 133 g/mol. The Hall–Kier alpha value is -1.29. The molecule has 1 heteroatoms. The van der Waals surface area contributed by atoms with Crippen LogP contribution in [0.5, 0.6) is 0 Å². The van der Waals surface area contributed by atoms with Crippen LogP contribution in [-0.4, -0.2) is 0 Å². The number of allylic oxidation sites excluding steroid dienone is 6. The largest absolute Gasteiger partial charge is 0.192 e. The van der Waals surface area contributed by atoms with Crippen molar-refractivity contribution in [2.45, 2.75) is 13.8 Å². The molecule has 0 radical (unpaired) electrons. The molecule has 0 aromatic heterocycles. The first-order valence-corrected chi connectivity index (χ1v) is 3.21. The summed E-state index contributed by atoms with van der Waals surface area (Å²) in [5.74, 6) is 0. The van der Waals surface area contributed by atoms with E-state index in [4.69, 9.17) is 5.26 Å². The maximum absolute atomic E-state index is 8.43. The molecule has 1 nitrogen and oxygen atoms in total. The molecule has 52 valence electrons. The van der Waals surface area contributed by atoms with Crippen molar-refractivity contribution in [3.8, 4) is 6.07 Å². The number of rotatable bonds is 2. The molecule has 0 atom stereocenters. The van der Waals surface area contributed by atoms with Gasteiger partial charge in [-0.3, -0.25) is 0 Å². The van der Waals surface area contributed by atoms with Crippen molar-refractivity contribution in [1.82, 2.24) is 0 Å². The van der Waals surface area contributed by atoms with Crippen LogP contribution in [0.4, 0.5) is 0 Å². The molecule has 0 aliphatic rings. The fourth-order valence-corrected chi connectivity index (χ4v) is 0.468. The monoisotopic (exact) mass is 133 g/mol. The summed E-state index contributed by atoms with van der Waals surface area (Å²) < 4.78 is 0. The standard InChI is InChI=1S/C9H11N/c1-3-5-6-7-9(4-2)8-10/h3-7H,1-2H3/b5-3+,7-6+,9-4-. The van der Waals surface area contributed by atoms with Crippen LogP contribution in [0.25, 0.3) is 0 Å². The second-order valence-corrected chi connectivity index (χ2v) is 1.74. The summed E-state index contributed by atoms with van der Waals surface area (Å²) in [5.41, 5.74) is 0.693. The quantitative estimate of drug-likeness (QED) is 0.419. The van der Waals surface area contributed by atoms with Gasteiger partial charge in [-0.2, -0.15) is 5.26 Å². The summed E-state index contributed by atoms with van der Waals surface area (Å²) in [7, 11) is 0. The second-order valence-electron chi connectivity index (χ2n) is 1.74. The zero-order valence-electron chi connectivity index (χ0n) is 6.33. The number of nitriles is 1. The summed E-state index contributed by atoms with van der Waals surface area (Å²) in [5, 5.41) is 8.43. The highest BCUT2D eigenvalue weighted by molar-refractivity contribution is 5.33. The van der Waals surface area contributed by atoms with Gasteiger partial charge in [-0.1, -0.05) is 24.3 Å². The van der Waals surface area contributed by atoms with Gasteiger partial charge in [0, 0.05) is 5.57 Å². The summed E-state index contributed by atoms with van der Waals surface area (Å²) in [6, 6.07) is 2.05. The predicted octanol–water partition coefficient (Wildman–Crippen LogP) is 2.59. The average Bonchev–Trinajstić information content (AvgIpc) is 1.99. The minimum absolute atomic E-state index is 0.693. The summed E-state index contributed by atoms with van der Waals surface area (Å²) in [4.78, 5) is 0. The molecule has 0 N–H and O–H groups in total. The van der Waals surface area contributed by atoms with Crippen LogP contribution in [0.3, 0.4) is 0 Å². The van der Waals surface area contributed by atoms with Gasteiger partial charge in [0.1, 0.15) is 0 Å². The van der Waals surface area contributed by atoms with E-state index in [9.17, 15) is 0 Å². The molecule has 0 bridgehead atoms. The highest BCUT2D eigenvalue weighted by Gasteiger charge is 1.80. The molecule has 0 heterocycles. The molecule has 0 aromatic carbocycles.